The second-order valence-corrected chi connectivity index (χ2v) is 4.22. The van der Waals surface area contributed by atoms with Crippen molar-refractivity contribution in [3.63, 3.8) is 0 Å². The molecule has 0 amide bonds. The topological polar surface area (TPSA) is 41.5 Å². The number of phenolic OH excluding ortho intramolecular Hbond substituents is 1. The molecule has 0 spiro atoms. The normalized spacial score (nSPS) is 10.4. The molecule has 0 heterocycles. The van der Waals surface area contributed by atoms with E-state index in [1.807, 2.05) is 24.3 Å². The second kappa shape index (κ2) is 6.20. The van der Waals surface area contributed by atoms with Crippen LogP contribution in [-0.2, 0) is 17.9 Å². The Kier molecular flexibility index (Phi) is 4.36. The Balaban J connectivity index is 2.12. The van der Waals surface area contributed by atoms with Gasteiger partial charge in [0.15, 0.2) is 0 Å². The molecule has 0 aliphatic carbocycles. The first-order valence-corrected chi connectivity index (χ1v) is 5.99. The predicted molar refractivity (Wildman–Crippen MR) is 72.5 cm³/mol. The number of phenols is 1. The average Bonchev–Trinajstić information content (AvgIpc) is 2.42. The van der Waals surface area contributed by atoms with Crippen LogP contribution in [-0.4, -0.2) is 12.2 Å². The number of hydrogen-bond donors (Lipinski definition) is 2. The van der Waals surface area contributed by atoms with Gasteiger partial charge in [-0.15, -0.1) is 0 Å². The highest BCUT2D eigenvalue weighted by atomic mass is 19.1. The summed E-state index contributed by atoms with van der Waals surface area (Å²) in [6.07, 6.45) is 0. The third-order valence-corrected chi connectivity index (χ3v) is 2.83. The molecule has 0 aliphatic rings. The molecular formula is C15H16FNO2. The lowest BCUT2D eigenvalue weighted by molar-refractivity contribution is 0.185. The molecule has 2 N–H and O–H groups in total. The zero-order valence-corrected chi connectivity index (χ0v) is 10.7. The Morgan fingerprint density at radius 1 is 1.16 bits per heavy atom. The van der Waals surface area contributed by atoms with Crippen molar-refractivity contribution in [2.45, 2.75) is 13.2 Å². The van der Waals surface area contributed by atoms with E-state index < -0.39 is 0 Å². The van der Waals surface area contributed by atoms with Crippen LogP contribution in [0.1, 0.15) is 11.1 Å². The Morgan fingerprint density at radius 3 is 2.74 bits per heavy atom. The van der Waals surface area contributed by atoms with E-state index in [-0.39, 0.29) is 11.6 Å². The lowest BCUT2D eigenvalue weighted by Crippen LogP contribution is -2.03. The first-order chi connectivity index (χ1) is 9.20. The van der Waals surface area contributed by atoms with Crippen molar-refractivity contribution < 1.29 is 14.2 Å². The maximum Gasteiger partial charge on any atom is 0.123 e. The predicted octanol–water partition coefficient (Wildman–Crippen LogP) is 3.29. The van der Waals surface area contributed by atoms with Gasteiger partial charge in [-0.05, 0) is 24.3 Å². The third-order valence-electron chi connectivity index (χ3n) is 2.83. The maximum atomic E-state index is 13.1. The molecule has 2 rings (SSSR count). The van der Waals surface area contributed by atoms with Gasteiger partial charge in [0.25, 0.3) is 0 Å². The van der Waals surface area contributed by atoms with Gasteiger partial charge in [0.05, 0.1) is 6.61 Å². The van der Waals surface area contributed by atoms with E-state index in [4.69, 9.17) is 4.74 Å². The number of hydrogen-bond acceptors (Lipinski definition) is 3. The zero-order chi connectivity index (χ0) is 13.7. The number of benzene rings is 2. The molecule has 2 aromatic carbocycles. The van der Waals surface area contributed by atoms with Crippen LogP contribution in [0.25, 0.3) is 0 Å². The maximum absolute atomic E-state index is 13.1. The molecule has 0 unspecified atom stereocenters. The Labute approximate surface area is 111 Å². The molecule has 3 nitrogen and oxygen atoms in total. The minimum atomic E-state index is -0.361. The summed E-state index contributed by atoms with van der Waals surface area (Å²) < 4.78 is 18.2. The van der Waals surface area contributed by atoms with Crippen molar-refractivity contribution in [2.24, 2.45) is 0 Å². The summed E-state index contributed by atoms with van der Waals surface area (Å²) in [6.45, 7) is 0.850. The molecule has 0 saturated carbocycles. The molecule has 0 aliphatic heterocycles. The van der Waals surface area contributed by atoms with Gasteiger partial charge in [-0.25, -0.2) is 4.39 Å². The summed E-state index contributed by atoms with van der Waals surface area (Å²) in [5.41, 5.74) is 2.45. The monoisotopic (exact) mass is 261 g/mol. The summed E-state index contributed by atoms with van der Waals surface area (Å²) in [7, 11) is 1.63. The van der Waals surface area contributed by atoms with E-state index in [0.29, 0.717) is 18.7 Å². The van der Waals surface area contributed by atoms with Crippen LogP contribution in [0, 0.1) is 5.82 Å². The van der Waals surface area contributed by atoms with E-state index in [9.17, 15) is 9.50 Å². The first-order valence-electron chi connectivity index (χ1n) is 5.99. The second-order valence-electron chi connectivity index (χ2n) is 4.22. The molecular weight excluding hydrogens is 245 g/mol. The van der Waals surface area contributed by atoms with Gasteiger partial charge < -0.3 is 15.2 Å². The summed E-state index contributed by atoms with van der Waals surface area (Å²) in [6, 6.07) is 11.6. The van der Waals surface area contributed by atoms with Crippen molar-refractivity contribution in [1.29, 1.82) is 0 Å². The van der Waals surface area contributed by atoms with Crippen LogP contribution in [0.15, 0.2) is 42.5 Å². The molecule has 19 heavy (non-hydrogen) atoms. The molecule has 0 fully saturated rings. The number of methoxy groups -OCH3 is 1. The minimum absolute atomic E-state index is 0.0816. The molecule has 0 atom stereocenters. The van der Waals surface area contributed by atoms with E-state index >= 15 is 0 Å². The number of nitrogens with one attached hydrogen (secondary N) is 1. The summed E-state index contributed by atoms with van der Waals surface area (Å²) in [5, 5.41) is 12.8. The fourth-order valence-electron chi connectivity index (χ4n) is 1.86. The first kappa shape index (κ1) is 13.4. The van der Waals surface area contributed by atoms with E-state index in [1.165, 1.54) is 18.2 Å². The zero-order valence-electron chi connectivity index (χ0n) is 10.7. The minimum Gasteiger partial charge on any atom is -0.508 e. The Hall–Kier alpha value is -2.07. The van der Waals surface area contributed by atoms with E-state index in [2.05, 4.69) is 5.32 Å². The van der Waals surface area contributed by atoms with Crippen molar-refractivity contribution in [1.82, 2.24) is 0 Å². The molecule has 2 aromatic rings. The van der Waals surface area contributed by atoms with Gasteiger partial charge in [0.1, 0.15) is 11.6 Å². The highest BCUT2D eigenvalue weighted by Crippen LogP contribution is 2.21. The van der Waals surface area contributed by atoms with Gasteiger partial charge in [0.2, 0.25) is 0 Å². The summed E-state index contributed by atoms with van der Waals surface area (Å²) >= 11 is 0. The van der Waals surface area contributed by atoms with Gasteiger partial charge in [-0.2, -0.15) is 0 Å². The number of halogens is 1. The van der Waals surface area contributed by atoms with Gasteiger partial charge in [0, 0.05) is 30.5 Å². The fraction of sp³-hybridized carbons (Fsp3) is 0.200. The van der Waals surface area contributed by atoms with E-state index in [1.54, 1.807) is 7.11 Å². The van der Waals surface area contributed by atoms with Crippen molar-refractivity contribution in [3.05, 3.63) is 59.4 Å². The summed E-state index contributed by atoms with van der Waals surface area (Å²) in [4.78, 5) is 0. The van der Waals surface area contributed by atoms with Crippen LogP contribution >= 0.6 is 0 Å². The molecule has 4 heteroatoms. The highest BCUT2D eigenvalue weighted by Gasteiger charge is 2.05. The SMILES string of the molecule is COCc1ccccc1NCc1cc(F)ccc1O. The average molecular weight is 261 g/mol. The summed E-state index contributed by atoms with van der Waals surface area (Å²) in [5.74, 6) is -0.280. The number of anilines is 1. The molecule has 100 valence electrons. The Bertz CT molecular complexity index is 558. The largest absolute Gasteiger partial charge is 0.508 e. The number of rotatable bonds is 5. The van der Waals surface area contributed by atoms with Crippen LogP contribution < -0.4 is 5.32 Å². The lowest BCUT2D eigenvalue weighted by atomic mass is 10.1. The van der Waals surface area contributed by atoms with Gasteiger partial charge in [-0.1, -0.05) is 18.2 Å². The standard InChI is InChI=1S/C15H16FNO2/c1-19-10-11-4-2-3-5-14(11)17-9-12-8-13(16)6-7-15(12)18/h2-8,17-18H,9-10H2,1H3. The molecule has 0 saturated heterocycles. The van der Waals surface area contributed by atoms with Crippen LogP contribution in [0.3, 0.4) is 0 Å². The van der Waals surface area contributed by atoms with Gasteiger partial charge in [-0.3, -0.25) is 0 Å². The van der Waals surface area contributed by atoms with Crippen LogP contribution in [0.5, 0.6) is 5.75 Å². The van der Waals surface area contributed by atoms with Crippen molar-refractivity contribution in [3.8, 4) is 5.75 Å². The van der Waals surface area contributed by atoms with Crippen LogP contribution in [0.4, 0.5) is 10.1 Å². The van der Waals surface area contributed by atoms with Crippen LogP contribution in [0.2, 0.25) is 0 Å². The van der Waals surface area contributed by atoms with E-state index in [0.717, 1.165) is 11.3 Å². The smallest absolute Gasteiger partial charge is 0.123 e. The lowest BCUT2D eigenvalue weighted by Gasteiger charge is -2.12. The van der Waals surface area contributed by atoms with Crippen molar-refractivity contribution in [2.75, 3.05) is 12.4 Å². The number of para-hydroxylation sites is 1. The molecule has 0 aromatic heterocycles. The fourth-order valence-corrected chi connectivity index (χ4v) is 1.86. The quantitative estimate of drug-likeness (QED) is 0.867. The molecule has 0 bridgehead atoms. The number of ether oxygens (including phenoxy) is 1. The Morgan fingerprint density at radius 2 is 1.95 bits per heavy atom. The number of aromatic hydroxyl groups is 1. The van der Waals surface area contributed by atoms with Gasteiger partial charge >= 0.3 is 0 Å². The molecule has 0 radical (unpaired) electrons. The third kappa shape index (κ3) is 3.45. The van der Waals surface area contributed by atoms with Crippen molar-refractivity contribution >= 4 is 5.69 Å². The highest BCUT2D eigenvalue weighted by molar-refractivity contribution is 5.51.